The summed E-state index contributed by atoms with van der Waals surface area (Å²) >= 11 is 0. The van der Waals surface area contributed by atoms with Crippen LogP contribution in [0, 0.1) is 5.82 Å². The molecule has 0 atom stereocenters. The Kier molecular flexibility index (Phi) is 2.72. The fraction of sp³-hybridized carbons (Fsp3) is 0.0833. The van der Waals surface area contributed by atoms with Crippen LogP contribution < -0.4 is 10.5 Å². The van der Waals surface area contributed by atoms with Crippen molar-refractivity contribution in [3.63, 3.8) is 0 Å². The van der Waals surface area contributed by atoms with E-state index in [4.69, 9.17) is 10.5 Å². The number of nitrogens with two attached hydrogens (primary N) is 1. The van der Waals surface area contributed by atoms with Gasteiger partial charge in [0, 0.05) is 29.1 Å². The molecule has 2 N–H and O–H groups in total. The standard InChI is InChI=1S/C12H11FN2O/c1-16-12-5-2-8(7-15-12)10-6-9(13)3-4-11(10)14/h2-7H,14H2,1H3. The molecule has 1 aromatic carbocycles. The molecule has 1 aromatic heterocycles. The van der Waals surface area contributed by atoms with Gasteiger partial charge in [-0.3, -0.25) is 0 Å². The summed E-state index contributed by atoms with van der Waals surface area (Å²) in [4.78, 5) is 4.04. The van der Waals surface area contributed by atoms with Gasteiger partial charge in [-0.1, -0.05) is 0 Å². The van der Waals surface area contributed by atoms with Crippen molar-refractivity contribution in [2.24, 2.45) is 0 Å². The molecule has 0 radical (unpaired) electrons. The normalized spacial score (nSPS) is 10.1. The Hall–Kier alpha value is -2.10. The highest BCUT2D eigenvalue weighted by atomic mass is 19.1. The maximum atomic E-state index is 13.1. The van der Waals surface area contributed by atoms with E-state index < -0.39 is 0 Å². The van der Waals surface area contributed by atoms with Gasteiger partial charge in [0.05, 0.1) is 7.11 Å². The van der Waals surface area contributed by atoms with Crippen LogP contribution in [-0.4, -0.2) is 12.1 Å². The number of hydrogen-bond donors (Lipinski definition) is 1. The maximum absolute atomic E-state index is 13.1. The molecule has 0 spiro atoms. The van der Waals surface area contributed by atoms with Crippen LogP contribution >= 0.6 is 0 Å². The van der Waals surface area contributed by atoms with E-state index in [1.54, 1.807) is 25.4 Å². The molecule has 1 heterocycles. The summed E-state index contributed by atoms with van der Waals surface area (Å²) in [6.45, 7) is 0. The zero-order valence-electron chi connectivity index (χ0n) is 8.77. The minimum atomic E-state index is -0.319. The van der Waals surface area contributed by atoms with E-state index in [-0.39, 0.29) is 5.82 Å². The molecule has 0 aliphatic carbocycles. The molecule has 3 nitrogen and oxygen atoms in total. The third-order valence-corrected chi connectivity index (χ3v) is 2.27. The molecular weight excluding hydrogens is 207 g/mol. The SMILES string of the molecule is COc1ccc(-c2cc(F)ccc2N)cn1. The summed E-state index contributed by atoms with van der Waals surface area (Å²) in [5.41, 5.74) is 7.68. The summed E-state index contributed by atoms with van der Waals surface area (Å²) in [7, 11) is 1.54. The van der Waals surface area contributed by atoms with Gasteiger partial charge >= 0.3 is 0 Å². The molecule has 0 amide bonds. The van der Waals surface area contributed by atoms with Crippen LogP contribution in [-0.2, 0) is 0 Å². The van der Waals surface area contributed by atoms with Crippen molar-refractivity contribution >= 4 is 5.69 Å². The molecule has 16 heavy (non-hydrogen) atoms. The van der Waals surface area contributed by atoms with Crippen LogP contribution in [0.5, 0.6) is 5.88 Å². The summed E-state index contributed by atoms with van der Waals surface area (Å²) in [6.07, 6.45) is 1.60. The smallest absolute Gasteiger partial charge is 0.212 e. The van der Waals surface area contributed by atoms with Gasteiger partial charge in [0.1, 0.15) is 5.82 Å². The van der Waals surface area contributed by atoms with Crippen molar-refractivity contribution in [2.45, 2.75) is 0 Å². The highest BCUT2D eigenvalue weighted by Crippen LogP contribution is 2.26. The number of aromatic nitrogens is 1. The number of nitrogen functional groups attached to an aromatic ring is 1. The average molecular weight is 218 g/mol. The van der Waals surface area contributed by atoms with E-state index in [0.717, 1.165) is 5.56 Å². The highest BCUT2D eigenvalue weighted by molar-refractivity contribution is 5.75. The van der Waals surface area contributed by atoms with Crippen LogP contribution in [0.3, 0.4) is 0 Å². The summed E-state index contributed by atoms with van der Waals surface area (Å²) in [5, 5.41) is 0. The fourth-order valence-corrected chi connectivity index (χ4v) is 1.44. The Morgan fingerprint density at radius 2 is 2.06 bits per heavy atom. The Labute approximate surface area is 92.7 Å². The molecule has 0 aliphatic rings. The molecule has 0 saturated heterocycles. The number of benzene rings is 1. The third-order valence-electron chi connectivity index (χ3n) is 2.27. The molecule has 2 rings (SSSR count). The minimum absolute atomic E-state index is 0.319. The first-order valence-corrected chi connectivity index (χ1v) is 4.76. The molecule has 0 fully saturated rings. The number of nitrogens with zero attached hydrogens (tertiary/aromatic N) is 1. The van der Waals surface area contributed by atoms with Crippen molar-refractivity contribution < 1.29 is 9.13 Å². The van der Waals surface area contributed by atoms with Gasteiger partial charge in [0.25, 0.3) is 0 Å². The number of hydrogen-bond acceptors (Lipinski definition) is 3. The van der Waals surface area contributed by atoms with E-state index in [0.29, 0.717) is 17.1 Å². The monoisotopic (exact) mass is 218 g/mol. The number of rotatable bonds is 2. The Bertz CT molecular complexity index is 497. The van der Waals surface area contributed by atoms with Gasteiger partial charge in [-0.2, -0.15) is 0 Å². The van der Waals surface area contributed by atoms with Crippen molar-refractivity contribution in [1.29, 1.82) is 0 Å². The van der Waals surface area contributed by atoms with Crippen molar-refractivity contribution in [1.82, 2.24) is 4.98 Å². The second-order valence-electron chi connectivity index (χ2n) is 3.32. The largest absolute Gasteiger partial charge is 0.481 e. The van der Waals surface area contributed by atoms with E-state index >= 15 is 0 Å². The van der Waals surface area contributed by atoms with Crippen LogP contribution in [0.1, 0.15) is 0 Å². The molecule has 4 heteroatoms. The van der Waals surface area contributed by atoms with Crippen molar-refractivity contribution in [2.75, 3.05) is 12.8 Å². The first-order valence-electron chi connectivity index (χ1n) is 4.76. The molecule has 0 saturated carbocycles. The maximum Gasteiger partial charge on any atom is 0.212 e. The second-order valence-corrected chi connectivity index (χ2v) is 3.32. The van der Waals surface area contributed by atoms with E-state index in [1.807, 2.05) is 0 Å². The first kappa shape index (κ1) is 10.4. The minimum Gasteiger partial charge on any atom is -0.481 e. The average Bonchev–Trinajstić information content (AvgIpc) is 2.32. The predicted octanol–water partition coefficient (Wildman–Crippen LogP) is 2.48. The number of halogens is 1. The van der Waals surface area contributed by atoms with Crippen molar-refractivity contribution in [3.05, 3.63) is 42.3 Å². The lowest BCUT2D eigenvalue weighted by molar-refractivity contribution is 0.398. The highest BCUT2D eigenvalue weighted by Gasteiger charge is 2.04. The molecule has 2 aromatic rings. The second kappa shape index (κ2) is 4.18. The fourth-order valence-electron chi connectivity index (χ4n) is 1.44. The van der Waals surface area contributed by atoms with E-state index in [1.165, 1.54) is 18.2 Å². The molecule has 0 aliphatic heterocycles. The van der Waals surface area contributed by atoms with Gasteiger partial charge in [0.15, 0.2) is 0 Å². The first-order chi connectivity index (χ1) is 7.70. The van der Waals surface area contributed by atoms with Crippen LogP contribution in [0.25, 0.3) is 11.1 Å². The molecular formula is C12H11FN2O. The van der Waals surface area contributed by atoms with E-state index in [9.17, 15) is 4.39 Å². The Morgan fingerprint density at radius 3 is 2.69 bits per heavy atom. The van der Waals surface area contributed by atoms with Gasteiger partial charge in [0.2, 0.25) is 5.88 Å². The quantitative estimate of drug-likeness (QED) is 0.788. The lowest BCUT2D eigenvalue weighted by Crippen LogP contribution is -1.92. The third kappa shape index (κ3) is 1.95. The number of anilines is 1. The molecule has 0 bridgehead atoms. The van der Waals surface area contributed by atoms with Gasteiger partial charge in [-0.15, -0.1) is 0 Å². The predicted molar refractivity (Wildman–Crippen MR) is 60.6 cm³/mol. The lowest BCUT2D eigenvalue weighted by atomic mass is 10.1. The van der Waals surface area contributed by atoms with E-state index in [2.05, 4.69) is 4.98 Å². The van der Waals surface area contributed by atoms with Crippen LogP contribution in [0.4, 0.5) is 10.1 Å². The lowest BCUT2D eigenvalue weighted by Gasteiger charge is -2.06. The van der Waals surface area contributed by atoms with Crippen LogP contribution in [0.15, 0.2) is 36.5 Å². The van der Waals surface area contributed by atoms with Crippen molar-refractivity contribution in [3.8, 4) is 17.0 Å². The zero-order valence-corrected chi connectivity index (χ0v) is 8.77. The summed E-state index contributed by atoms with van der Waals surface area (Å²) < 4.78 is 18.0. The summed E-state index contributed by atoms with van der Waals surface area (Å²) in [5.74, 6) is 0.193. The van der Waals surface area contributed by atoms with Gasteiger partial charge < -0.3 is 10.5 Å². The van der Waals surface area contributed by atoms with Gasteiger partial charge in [-0.25, -0.2) is 9.37 Å². The Morgan fingerprint density at radius 1 is 1.25 bits per heavy atom. The van der Waals surface area contributed by atoms with Gasteiger partial charge in [-0.05, 0) is 24.3 Å². The summed E-state index contributed by atoms with van der Waals surface area (Å²) in [6, 6.07) is 7.75. The topological polar surface area (TPSA) is 48.1 Å². The Balaban J connectivity index is 2.45. The molecule has 0 unspecified atom stereocenters. The zero-order chi connectivity index (χ0) is 11.5. The number of pyridine rings is 1. The molecule has 82 valence electrons. The number of ether oxygens (including phenoxy) is 1. The van der Waals surface area contributed by atoms with Crippen LogP contribution in [0.2, 0.25) is 0 Å². The number of methoxy groups -OCH3 is 1.